The van der Waals surface area contributed by atoms with Gasteiger partial charge in [0.15, 0.2) is 0 Å². The molecule has 0 atom stereocenters. The maximum absolute atomic E-state index is 13.4. The van der Waals surface area contributed by atoms with E-state index in [1.165, 1.54) is 6.07 Å². The van der Waals surface area contributed by atoms with Crippen LogP contribution < -0.4 is 5.32 Å². The van der Waals surface area contributed by atoms with Gasteiger partial charge in [-0.3, -0.25) is 4.79 Å². The lowest BCUT2D eigenvalue weighted by atomic mass is 10.1. The maximum atomic E-state index is 13.4. The second-order valence-electron chi connectivity index (χ2n) is 3.97. The van der Waals surface area contributed by atoms with E-state index >= 15 is 0 Å². The third-order valence-corrected chi connectivity index (χ3v) is 2.53. The molecule has 0 aliphatic rings. The topological polar surface area (TPSA) is 67.8 Å². The molecule has 9 heteroatoms. The van der Waals surface area contributed by atoms with Crippen LogP contribution in [0.3, 0.4) is 0 Å². The van der Waals surface area contributed by atoms with Crippen LogP contribution in [0.2, 0.25) is 0 Å². The monoisotopic (exact) mass is 300 g/mol. The van der Waals surface area contributed by atoms with Gasteiger partial charge in [0.25, 0.3) is 0 Å². The van der Waals surface area contributed by atoms with Crippen molar-refractivity contribution in [2.45, 2.75) is 12.7 Å². The molecule has 5 nitrogen and oxygen atoms in total. The Kier molecular flexibility index (Phi) is 4.10. The Hall–Kier alpha value is -2.58. The van der Waals surface area contributed by atoms with Crippen molar-refractivity contribution in [3.8, 4) is 11.1 Å². The smallest absolute Gasteiger partial charge is 0.354 e. The van der Waals surface area contributed by atoms with Crippen molar-refractivity contribution in [1.29, 1.82) is 0 Å². The van der Waals surface area contributed by atoms with Crippen LogP contribution in [0.1, 0.15) is 11.4 Å². The van der Waals surface area contributed by atoms with Crippen molar-refractivity contribution in [2.75, 3.05) is 0 Å². The van der Waals surface area contributed by atoms with Gasteiger partial charge in [-0.2, -0.15) is 17.6 Å². The quantitative estimate of drug-likeness (QED) is 0.532. The summed E-state index contributed by atoms with van der Waals surface area (Å²) in [6.07, 6.45) is -1.14. The molecule has 0 fully saturated rings. The van der Waals surface area contributed by atoms with Crippen LogP contribution in [0.15, 0.2) is 24.7 Å². The molecule has 0 aliphatic heterocycles. The predicted molar refractivity (Wildman–Crippen MR) is 63.1 cm³/mol. The Morgan fingerprint density at radius 3 is 2.29 bits per heavy atom. The second-order valence-corrected chi connectivity index (χ2v) is 3.97. The second kappa shape index (κ2) is 5.81. The number of pyridine rings is 1. The SMILES string of the molecule is O=CNCc1cc(-c2cnc(C(F)(F)F)nc2)cnc1F. The molecule has 0 saturated heterocycles. The summed E-state index contributed by atoms with van der Waals surface area (Å²) in [7, 11) is 0. The van der Waals surface area contributed by atoms with E-state index in [1.807, 2.05) is 0 Å². The van der Waals surface area contributed by atoms with Crippen LogP contribution in [-0.4, -0.2) is 21.4 Å². The molecule has 2 aromatic heterocycles. The van der Waals surface area contributed by atoms with Crippen LogP contribution >= 0.6 is 0 Å². The molecular weight excluding hydrogens is 292 g/mol. The minimum Gasteiger partial charge on any atom is -0.354 e. The first-order valence-corrected chi connectivity index (χ1v) is 5.63. The summed E-state index contributed by atoms with van der Waals surface area (Å²) in [4.78, 5) is 20.1. The number of hydrogen-bond donors (Lipinski definition) is 1. The van der Waals surface area contributed by atoms with E-state index in [0.29, 0.717) is 12.0 Å². The lowest BCUT2D eigenvalue weighted by Crippen LogP contribution is -2.12. The molecule has 0 aliphatic carbocycles. The summed E-state index contributed by atoms with van der Waals surface area (Å²) >= 11 is 0. The van der Waals surface area contributed by atoms with Gasteiger partial charge in [0, 0.05) is 41.8 Å². The number of alkyl halides is 3. The first-order valence-electron chi connectivity index (χ1n) is 5.63. The van der Waals surface area contributed by atoms with Crippen LogP contribution in [0.25, 0.3) is 11.1 Å². The molecule has 1 amide bonds. The predicted octanol–water partition coefficient (Wildman–Crippen LogP) is 1.94. The number of carbonyl (C=O) groups is 1. The number of nitrogens with one attached hydrogen (secondary N) is 1. The highest BCUT2D eigenvalue weighted by Crippen LogP contribution is 2.27. The van der Waals surface area contributed by atoms with E-state index in [0.717, 1.165) is 18.6 Å². The van der Waals surface area contributed by atoms with Crippen molar-refractivity contribution in [2.24, 2.45) is 0 Å². The minimum atomic E-state index is -4.63. The first-order chi connectivity index (χ1) is 9.91. The highest BCUT2D eigenvalue weighted by Gasteiger charge is 2.34. The molecular formula is C12H8F4N4O. The highest BCUT2D eigenvalue weighted by atomic mass is 19.4. The van der Waals surface area contributed by atoms with E-state index in [-0.39, 0.29) is 17.7 Å². The molecule has 21 heavy (non-hydrogen) atoms. The van der Waals surface area contributed by atoms with Gasteiger partial charge < -0.3 is 5.32 Å². The van der Waals surface area contributed by atoms with E-state index < -0.39 is 17.9 Å². The minimum absolute atomic E-state index is 0.0856. The molecule has 0 unspecified atom stereocenters. The molecule has 0 spiro atoms. The van der Waals surface area contributed by atoms with Gasteiger partial charge in [-0.15, -0.1) is 0 Å². The molecule has 0 radical (unpaired) electrons. The van der Waals surface area contributed by atoms with Gasteiger partial charge in [-0.05, 0) is 6.07 Å². The lowest BCUT2D eigenvalue weighted by Gasteiger charge is -2.07. The van der Waals surface area contributed by atoms with E-state index in [1.54, 1.807) is 0 Å². The fraction of sp³-hybridized carbons (Fsp3) is 0.167. The van der Waals surface area contributed by atoms with Gasteiger partial charge in [0.1, 0.15) is 0 Å². The van der Waals surface area contributed by atoms with Crippen molar-refractivity contribution >= 4 is 6.41 Å². The number of rotatable bonds is 4. The van der Waals surface area contributed by atoms with Gasteiger partial charge in [-0.25, -0.2) is 15.0 Å². The number of amides is 1. The zero-order chi connectivity index (χ0) is 15.5. The van der Waals surface area contributed by atoms with Crippen LogP contribution in [0.4, 0.5) is 17.6 Å². The van der Waals surface area contributed by atoms with Gasteiger partial charge >= 0.3 is 6.18 Å². The Bertz CT molecular complexity index is 643. The molecule has 2 aromatic rings. The number of aromatic nitrogens is 3. The molecule has 2 heterocycles. The van der Waals surface area contributed by atoms with Crippen molar-refractivity contribution in [3.63, 3.8) is 0 Å². The summed E-state index contributed by atoms with van der Waals surface area (Å²) < 4.78 is 50.4. The Morgan fingerprint density at radius 1 is 1.10 bits per heavy atom. The van der Waals surface area contributed by atoms with Gasteiger partial charge in [0.2, 0.25) is 18.2 Å². The van der Waals surface area contributed by atoms with Crippen molar-refractivity contribution in [1.82, 2.24) is 20.3 Å². The molecule has 0 bridgehead atoms. The number of hydrogen-bond acceptors (Lipinski definition) is 4. The largest absolute Gasteiger partial charge is 0.451 e. The van der Waals surface area contributed by atoms with E-state index in [9.17, 15) is 22.4 Å². The Labute approximate surface area is 116 Å². The standard InChI is InChI=1S/C12H8F4N4O/c13-10-8(2-17-6-21)1-7(3-18-10)9-4-19-11(20-5-9)12(14,15)16/h1,3-6H,2H2,(H,17,21). The number of carbonyl (C=O) groups excluding carboxylic acids is 1. The summed E-state index contributed by atoms with van der Waals surface area (Å²) in [5, 5.41) is 2.27. The maximum Gasteiger partial charge on any atom is 0.451 e. The number of halogens is 4. The molecule has 2 rings (SSSR count). The van der Waals surface area contributed by atoms with Crippen LogP contribution in [0.5, 0.6) is 0 Å². The summed E-state index contributed by atoms with van der Waals surface area (Å²) in [6.45, 7) is -0.0856. The fourth-order valence-corrected chi connectivity index (χ4v) is 1.55. The fourth-order valence-electron chi connectivity index (χ4n) is 1.55. The van der Waals surface area contributed by atoms with Gasteiger partial charge in [0.05, 0.1) is 0 Å². The summed E-state index contributed by atoms with van der Waals surface area (Å²) in [5.74, 6) is -2.04. The average Bonchev–Trinajstić information content (AvgIpc) is 2.46. The summed E-state index contributed by atoms with van der Waals surface area (Å²) in [6, 6.07) is 1.35. The zero-order valence-electron chi connectivity index (χ0n) is 10.4. The summed E-state index contributed by atoms with van der Waals surface area (Å²) in [5.41, 5.74) is 0.690. The molecule has 110 valence electrons. The number of nitrogens with zero attached hydrogens (tertiary/aromatic N) is 3. The normalized spacial score (nSPS) is 11.2. The third-order valence-electron chi connectivity index (χ3n) is 2.53. The van der Waals surface area contributed by atoms with E-state index in [4.69, 9.17) is 0 Å². The average molecular weight is 300 g/mol. The zero-order valence-corrected chi connectivity index (χ0v) is 10.4. The molecule has 1 N–H and O–H groups in total. The van der Waals surface area contributed by atoms with Gasteiger partial charge in [-0.1, -0.05) is 0 Å². The third kappa shape index (κ3) is 3.50. The molecule has 0 aromatic carbocycles. The van der Waals surface area contributed by atoms with Crippen LogP contribution in [0, 0.1) is 5.95 Å². The first kappa shape index (κ1) is 14.8. The Morgan fingerprint density at radius 2 is 1.71 bits per heavy atom. The highest BCUT2D eigenvalue weighted by molar-refractivity contribution is 5.61. The lowest BCUT2D eigenvalue weighted by molar-refractivity contribution is -0.145. The van der Waals surface area contributed by atoms with Crippen LogP contribution in [-0.2, 0) is 17.5 Å². The van der Waals surface area contributed by atoms with Crippen molar-refractivity contribution < 1.29 is 22.4 Å². The molecule has 0 saturated carbocycles. The van der Waals surface area contributed by atoms with E-state index in [2.05, 4.69) is 20.3 Å². The Balaban J connectivity index is 2.31. The van der Waals surface area contributed by atoms with Crippen molar-refractivity contribution in [3.05, 3.63) is 42.0 Å².